The average Bonchev–Trinajstić information content (AvgIpc) is 2.87. The topological polar surface area (TPSA) is 106 Å². The quantitative estimate of drug-likeness (QED) is 0.548. The Labute approximate surface area is 193 Å². The van der Waals surface area contributed by atoms with Crippen LogP contribution in [0, 0.1) is 5.92 Å². The second kappa shape index (κ2) is 9.33. The molecule has 1 atom stereocenters. The number of piperidine rings is 1. The second-order valence-corrected chi connectivity index (χ2v) is 8.86. The molecule has 0 saturated carbocycles. The van der Waals surface area contributed by atoms with Crippen molar-refractivity contribution in [2.45, 2.75) is 31.8 Å². The largest absolute Gasteiger partial charge is 0.508 e. The van der Waals surface area contributed by atoms with Gasteiger partial charge in [-0.15, -0.1) is 0 Å². The van der Waals surface area contributed by atoms with Gasteiger partial charge in [-0.25, -0.2) is 0 Å². The Hall–Kier alpha value is -3.23. The van der Waals surface area contributed by atoms with Crippen LogP contribution < -0.4 is 9.80 Å². The van der Waals surface area contributed by atoms with Crippen LogP contribution in [0.1, 0.15) is 24.0 Å². The number of hydrogen-bond acceptors (Lipinski definition) is 8. The number of aliphatic hydroxyl groups excluding tert-OH is 2. The van der Waals surface area contributed by atoms with Gasteiger partial charge < -0.3 is 25.1 Å². The molecule has 0 unspecified atom stereocenters. The molecule has 8 nitrogen and oxygen atoms in total. The molecule has 1 saturated heterocycles. The van der Waals surface area contributed by atoms with Crippen LogP contribution in [0.15, 0.2) is 48.5 Å². The minimum absolute atomic E-state index is 0.00129. The van der Waals surface area contributed by atoms with Gasteiger partial charge in [-0.3, -0.25) is 0 Å². The summed E-state index contributed by atoms with van der Waals surface area (Å²) in [5.41, 5.74) is 3.15. The lowest BCUT2D eigenvalue weighted by atomic mass is 9.94. The molecule has 2 aromatic carbocycles. The fourth-order valence-corrected chi connectivity index (χ4v) is 4.70. The van der Waals surface area contributed by atoms with E-state index in [4.69, 9.17) is 15.0 Å². The van der Waals surface area contributed by atoms with Crippen LogP contribution in [0.2, 0.25) is 0 Å². The molecular weight excluding hydrogens is 418 g/mol. The molecule has 8 heteroatoms. The number of aromatic hydroxyl groups is 1. The van der Waals surface area contributed by atoms with E-state index in [0.717, 1.165) is 32.4 Å². The lowest BCUT2D eigenvalue weighted by molar-refractivity contribution is 0.202. The van der Waals surface area contributed by atoms with Gasteiger partial charge in [0.1, 0.15) is 5.75 Å². The van der Waals surface area contributed by atoms with Crippen molar-refractivity contribution < 1.29 is 15.3 Å². The first kappa shape index (κ1) is 21.6. The van der Waals surface area contributed by atoms with Gasteiger partial charge >= 0.3 is 0 Å². The smallest absolute Gasteiger partial charge is 0.231 e. The Morgan fingerprint density at radius 2 is 1.61 bits per heavy atom. The van der Waals surface area contributed by atoms with Crippen molar-refractivity contribution in [1.82, 2.24) is 15.0 Å². The molecule has 3 aromatic rings. The van der Waals surface area contributed by atoms with Crippen molar-refractivity contribution >= 4 is 11.9 Å². The maximum Gasteiger partial charge on any atom is 0.231 e. The number of benzene rings is 2. The summed E-state index contributed by atoms with van der Waals surface area (Å²) in [6, 6.07) is 15.0. The molecule has 0 radical (unpaired) electrons. The number of nitrogens with zero attached hydrogens (tertiary/aromatic N) is 5. The molecule has 0 amide bonds. The number of anilines is 2. The molecular formula is C25H29N5O3. The van der Waals surface area contributed by atoms with Gasteiger partial charge in [-0.05, 0) is 48.4 Å². The Balaban J connectivity index is 1.55. The number of aromatic nitrogens is 3. The molecule has 172 valence electrons. The fourth-order valence-electron chi connectivity index (χ4n) is 4.70. The van der Waals surface area contributed by atoms with Gasteiger partial charge in [0.25, 0.3) is 0 Å². The van der Waals surface area contributed by atoms with E-state index >= 15 is 0 Å². The monoisotopic (exact) mass is 447 g/mol. The summed E-state index contributed by atoms with van der Waals surface area (Å²) in [7, 11) is 0. The van der Waals surface area contributed by atoms with Crippen molar-refractivity contribution in [3.05, 3.63) is 59.7 Å². The maximum atomic E-state index is 10.2. The minimum Gasteiger partial charge on any atom is -0.508 e. The predicted molar refractivity (Wildman–Crippen MR) is 126 cm³/mol. The molecule has 0 aliphatic carbocycles. The van der Waals surface area contributed by atoms with Crippen LogP contribution >= 0.6 is 0 Å². The third kappa shape index (κ3) is 4.49. The molecule has 33 heavy (non-hydrogen) atoms. The number of rotatable bonds is 5. The van der Waals surface area contributed by atoms with Gasteiger partial charge in [0.15, 0.2) is 5.82 Å². The zero-order chi connectivity index (χ0) is 22.8. The zero-order valence-corrected chi connectivity index (χ0v) is 18.5. The number of phenolic OH excluding ortho intramolecular Hbond substituents is 1. The summed E-state index contributed by atoms with van der Waals surface area (Å²) in [6.07, 6.45) is 2.49. The Bertz CT molecular complexity index is 1120. The van der Waals surface area contributed by atoms with Crippen LogP contribution in [0.5, 0.6) is 5.75 Å². The van der Waals surface area contributed by atoms with Crippen LogP contribution in [0.3, 0.4) is 0 Å². The lowest BCUT2D eigenvalue weighted by Gasteiger charge is -2.37. The summed E-state index contributed by atoms with van der Waals surface area (Å²) in [5, 5.41) is 29.7. The van der Waals surface area contributed by atoms with E-state index in [1.165, 1.54) is 11.1 Å². The molecule has 5 rings (SSSR count). The number of aliphatic hydroxyl groups is 2. The summed E-state index contributed by atoms with van der Waals surface area (Å²) in [6.45, 7) is 2.34. The highest BCUT2D eigenvalue weighted by atomic mass is 16.3. The van der Waals surface area contributed by atoms with Gasteiger partial charge in [-0.1, -0.05) is 36.4 Å². The zero-order valence-electron chi connectivity index (χ0n) is 18.5. The van der Waals surface area contributed by atoms with Crippen molar-refractivity contribution in [2.75, 3.05) is 36.1 Å². The highest BCUT2D eigenvalue weighted by Crippen LogP contribution is 2.30. The highest BCUT2D eigenvalue weighted by molar-refractivity contribution is 5.61. The SMILES string of the molecule is OCC1CCN(c2nc(-c3cccc(O)c3)nc(N3Cc4ccccc4C[C@@H]3CO)n2)CC1. The standard InChI is InChI=1S/C25H29N5O3/c31-15-17-8-10-29(11-9-17)24-26-23(19-6-3-7-22(33)13-19)27-25(28-24)30-14-20-5-2-1-4-18(20)12-21(30)16-32/h1-7,13,17,21,31-33H,8-12,14-16H2/t21-/m1/s1. The number of fused-ring (bicyclic) bond motifs is 1. The molecule has 3 N–H and O–H groups in total. The summed E-state index contributed by atoms with van der Waals surface area (Å²) < 4.78 is 0. The van der Waals surface area contributed by atoms with E-state index in [-0.39, 0.29) is 25.0 Å². The molecule has 0 bridgehead atoms. The highest BCUT2D eigenvalue weighted by Gasteiger charge is 2.29. The molecule has 3 heterocycles. The minimum atomic E-state index is -0.132. The first-order chi connectivity index (χ1) is 16.1. The Morgan fingerprint density at radius 3 is 2.33 bits per heavy atom. The van der Waals surface area contributed by atoms with Crippen LogP contribution in [0.25, 0.3) is 11.4 Å². The van der Waals surface area contributed by atoms with Crippen LogP contribution in [-0.2, 0) is 13.0 Å². The van der Waals surface area contributed by atoms with Crippen molar-refractivity contribution in [3.63, 3.8) is 0 Å². The summed E-state index contributed by atoms with van der Waals surface area (Å²) >= 11 is 0. The fraction of sp³-hybridized carbons (Fsp3) is 0.400. The molecule has 2 aliphatic heterocycles. The lowest BCUT2D eigenvalue weighted by Crippen LogP contribution is -2.44. The summed E-state index contributed by atoms with van der Waals surface area (Å²) in [5.74, 6) is 2.07. The van der Waals surface area contributed by atoms with Crippen LogP contribution in [0.4, 0.5) is 11.9 Å². The second-order valence-electron chi connectivity index (χ2n) is 8.86. The third-order valence-corrected chi connectivity index (χ3v) is 6.69. The van der Waals surface area contributed by atoms with Gasteiger partial charge in [0.05, 0.1) is 12.6 Å². The van der Waals surface area contributed by atoms with E-state index < -0.39 is 0 Å². The first-order valence-electron chi connectivity index (χ1n) is 11.5. The first-order valence-corrected chi connectivity index (χ1v) is 11.5. The van der Waals surface area contributed by atoms with Crippen molar-refractivity contribution in [1.29, 1.82) is 0 Å². The molecule has 1 fully saturated rings. The molecule has 0 spiro atoms. The van der Waals surface area contributed by atoms with E-state index in [9.17, 15) is 15.3 Å². The van der Waals surface area contributed by atoms with E-state index in [2.05, 4.69) is 21.9 Å². The normalized spacial score (nSPS) is 18.9. The Kier molecular flexibility index (Phi) is 6.11. The number of hydrogen-bond donors (Lipinski definition) is 3. The molecule has 2 aliphatic rings. The van der Waals surface area contributed by atoms with Gasteiger partial charge in [0, 0.05) is 31.8 Å². The van der Waals surface area contributed by atoms with Gasteiger partial charge in [0.2, 0.25) is 11.9 Å². The third-order valence-electron chi connectivity index (χ3n) is 6.69. The number of phenols is 1. The van der Waals surface area contributed by atoms with Crippen LogP contribution in [-0.4, -0.2) is 62.6 Å². The van der Waals surface area contributed by atoms with E-state index in [1.54, 1.807) is 18.2 Å². The predicted octanol–water partition coefficient (Wildman–Crippen LogP) is 2.38. The van der Waals surface area contributed by atoms with Crippen molar-refractivity contribution in [2.24, 2.45) is 5.92 Å². The Morgan fingerprint density at radius 1 is 0.848 bits per heavy atom. The summed E-state index contributed by atoms with van der Waals surface area (Å²) in [4.78, 5) is 18.6. The average molecular weight is 448 g/mol. The molecule has 1 aromatic heterocycles. The van der Waals surface area contributed by atoms with E-state index in [0.29, 0.717) is 35.7 Å². The van der Waals surface area contributed by atoms with Crippen molar-refractivity contribution in [3.8, 4) is 17.1 Å². The van der Waals surface area contributed by atoms with E-state index in [1.807, 2.05) is 18.2 Å². The maximum absolute atomic E-state index is 10.2. The van der Waals surface area contributed by atoms with Gasteiger partial charge in [-0.2, -0.15) is 15.0 Å².